The number of aliphatic imine (C=N–C) groups is 1. The SMILES string of the molecule is C1=Cc2nc1c(N=C(c1ccccc1)c1ccccc1)c1nc(c(-c3ccccc3)c3ccc(cc4ccc([nH]4)c2-c2ccccc2)[nH]3)C=C1. The van der Waals surface area contributed by atoms with Gasteiger partial charge in [0, 0.05) is 44.3 Å². The highest BCUT2D eigenvalue weighted by molar-refractivity contribution is 6.14. The highest BCUT2D eigenvalue weighted by Crippen LogP contribution is 2.36. The van der Waals surface area contributed by atoms with E-state index in [1.54, 1.807) is 0 Å². The fourth-order valence-corrected chi connectivity index (χ4v) is 6.66. The van der Waals surface area contributed by atoms with Crippen molar-refractivity contribution in [3.05, 3.63) is 186 Å². The molecule has 0 atom stereocenters. The van der Waals surface area contributed by atoms with Gasteiger partial charge in [-0.05, 0) is 65.8 Å². The standard InChI is InChI=1S/C45H31N5/c1-5-13-30(14-6-1)42-36-23-21-34(46-36)29-35-22-24-37(47-35)43(31-15-7-2-8-16-31)39-26-28-41(49-39)45(40-27-25-38(42)48-40)50-44(32-17-9-3-10-18-32)33-19-11-4-12-20-33/h1-29,46-47H. The lowest BCUT2D eigenvalue weighted by Crippen LogP contribution is -2.03. The molecular formula is C45H31N5. The van der Waals surface area contributed by atoms with Crippen molar-refractivity contribution in [2.75, 3.05) is 0 Å². The number of fused-ring (bicyclic) bond motifs is 8. The number of rotatable bonds is 5. The summed E-state index contributed by atoms with van der Waals surface area (Å²) < 4.78 is 0. The molecular weight excluding hydrogens is 611 g/mol. The monoisotopic (exact) mass is 641 g/mol. The average molecular weight is 642 g/mol. The van der Waals surface area contributed by atoms with Crippen molar-refractivity contribution in [2.45, 2.75) is 0 Å². The van der Waals surface area contributed by atoms with Crippen LogP contribution >= 0.6 is 0 Å². The van der Waals surface area contributed by atoms with Crippen LogP contribution in [0.5, 0.6) is 0 Å². The van der Waals surface area contributed by atoms with E-state index in [9.17, 15) is 0 Å². The molecule has 7 aromatic rings. The number of aromatic amines is 2. The molecule has 4 aromatic carbocycles. The Morgan fingerprint density at radius 3 is 1.26 bits per heavy atom. The summed E-state index contributed by atoms with van der Waals surface area (Å²) in [7, 11) is 0. The van der Waals surface area contributed by atoms with Gasteiger partial charge in [-0.2, -0.15) is 0 Å². The number of aromatic nitrogens is 4. The predicted molar refractivity (Wildman–Crippen MR) is 208 cm³/mol. The molecule has 0 radical (unpaired) electrons. The molecule has 2 aliphatic heterocycles. The van der Waals surface area contributed by atoms with Crippen LogP contribution in [0.25, 0.3) is 68.6 Å². The third-order valence-corrected chi connectivity index (χ3v) is 8.99. The lowest BCUT2D eigenvalue weighted by Gasteiger charge is -2.09. The van der Waals surface area contributed by atoms with Gasteiger partial charge in [0.1, 0.15) is 5.69 Å². The maximum Gasteiger partial charge on any atom is 0.115 e. The van der Waals surface area contributed by atoms with Gasteiger partial charge in [-0.15, -0.1) is 0 Å². The van der Waals surface area contributed by atoms with E-state index in [-0.39, 0.29) is 0 Å². The third-order valence-electron chi connectivity index (χ3n) is 8.99. The number of H-pyrrole nitrogens is 2. The first kappa shape index (κ1) is 29.3. The van der Waals surface area contributed by atoms with Gasteiger partial charge in [0.15, 0.2) is 0 Å². The van der Waals surface area contributed by atoms with Crippen LogP contribution in [0.4, 0.5) is 5.69 Å². The Morgan fingerprint density at radius 1 is 0.420 bits per heavy atom. The minimum Gasteiger partial charge on any atom is -0.355 e. The van der Waals surface area contributed by atoms with Crippen LogP contribution in [0.15, 0.2) is 157 Å². The molecule has 8 bridgehead atoms. The van der Waals surface area contributed by atoms with E-state index in [4.69, 9.17) is 15.0 Å². The fraction of sp³-hybridized carbons (Fsp3) is 0. The van der Waals surface area contributed by atoms with Crippen LogP contribution in [-0.4, -0.2) is 25.6 Å². The second-order valence-corrected chi connectivity index (χ2v) is 12.3. The number of benzene rings is 4. The van der Waals surface area contributed by atoms with Gasteiger partial charge in [-0.25, -0.2) is 15.0 Å². The van der Waals surface area contributed by atoms with Gasteiger partial charge in [0.25, 0.3) is 0 Å². The minimum absolute atomic E-state index is 0.699. The molecule has 2 N–H and O–H groups in total. The lowest BCUT2D eigenvalue weighted by atomic mass is 10.0. The summed E-state index contributed by atoms with van der Waals surface area (Å²) in [5.74, 6) is 0. The zero-order valence-corrected chi connectivity index (χ0v) is 27.1. The van der Waals surface area contributed by atoms with Crippen molar-refractivity contribution in [1.29, 1.82) is 0 Å². The first-order valence-electron chi connectivity index (χ1n) is 16.7. The molecule has 236 valence electrons. The van der Waals surface area contributed by atoms with E-state index in [0.717, 1.165) is 83.9 Å². The van der Waals surface area contributed by atoms with Gasteiger partial charge in [-0.3, -0.25) is 0 Å². The third kappa shape index (κ3) is 5.57. The Kier molecular flexibility index (Phi) is 7.41. The van der Waals surface area contributed by atoms with E-state index >= 15 is 0 Å². The highest BCUT2D eigenvalue weighted by atomic mass is 14.9. The van der Waals surface area contributed by atoms with Crippen molar-refractivity contribution in [3.8, 4) is 22.3 Å². The molecule has 0 unspecified atom stereocenters. The van der Waals surface area contributed by atoms with E-state index in [1.807, 2.05) is 48.5 Å². The van der Waals surface area contributed by atoms with Gasteiger partial charge in [0.2, 0.25) is 0 Å². The van der Waals surface area contributed by atoms with Crippen LogP contribution in [-0.2, 0) is 0 Å². The van der Waals surface area contributed by atoms with Crippen LogP contribution in [0.3, 0.4) is 0 Å². The molecule has 3 aromatic heterocycles. The van der Waals surface area contributed by atoms with Crippen molar-refractivity contribution < 1.29 is 0 Å². The van der Waals surface area contributed by atoms with Crippen LogP contribution in [0.2, 0.25) is 0 Å². The molecule has 0 fully saturated rings. The molecule has 5 heterocycles. The average Bonchev–Trinajstić information content (AvgIpc) is 4.01. The number of nitrogens with zero attached hydrogens (tertiary/aromatic N) is 3. The molecule has 5 heteroatoms. The minimum atomic E-state index is 0.699. The number of hydrogen-bond acceptors (Lipinski definition) is 3. The van der Waals surface area contributed by atoms with Gasteiger partial charge in [0.05, 0.1) is 28.5 Å². The first-order valence-corrected chi connectivity index (χ1v) is 16.7. The van der Waals surface area contributed by atoms with Gasteiger partial charge < -0.3 is 9.97 Å². The Labute approximate surface area is 289 Å². The van der Waals surface area contributed by atoms with Crippen molar-refractivity contribution in [1.82, 2.24) is 19.9 Å². The number of nitrogens with one attached hydrogen (secondary N) is 2. The Bertz CT molecular complexity index is 2440. The van der Waals surface area contributed by atoms with Crippen LogP contribution in [0.1, 0.15) is 33.9 Å². The largest absolute Gasteiger partial charge is 0.355 e. The lowest BCUT2D eigenvalue weighted by molar-refractivity contribution is 1.25. The Hall–Kier alpha value is -6.85. The normalized spacial score (nSPS) is 11.8. The molecule has 2 aliphatic rings. The van der Waals surface area contributed by atoms with Crippen molar-refractivity contribution in [2.24, 2.45) is 4.99 Å². The smallest absolute Gasteiger partial charge is 0.115 e. The summed E-state index contributed by atoms with van der Waals surface area (Å²) in [4.78, 5) is 23.4. The molecule has 5 nitrogen and oxygen atoms in total. The molecule has 0 amide bonds. The zero-order chi connectivity index (χ0) is 33.3. The van der Waals surface area contributed by atoms with Crippen molar-refractivity contribution in [3.63, 3.8) is 0 Å². The molecule has 0 saturated carbocycles. The quantitative estimate of drug-likeness (QED) is 0.184. The maximum absolute atomic E-state index is 5.47. The molecule has 0 spiro atoms. The Balaban J connectivity index is 1.43. The molecule has 0 aliphatic carbocycles. The van der Waals surface area contributed by atoms with E-state index in [1.165, 1.54) is 0 Å². The maximum atomic E-state index is 5.47. The zero-order valence-electron chi connectivity index (χ0n) is 27.1. The second-order valence-electron chi connectivity index (χ2n) is 12.3. The summed E-state index contributed by atoms with van der Waals surface area (Å²) >= 11 is 0. The number of hydrogen-bond donors (Lipinski definition) is 2. The van der Waals surface area contributed by atoms with Crippen LogP contribution < -0.4 is 0 Å². The van der Waals surface area contributed by atoms with E-state index in [2.05, 4.69) is 137 Å². The summed E-state index contributed by atoms with van der Waals surface area (Å²) in [5.41, 5.74) is 14.9. The van der Waals surface area contributed by atoms with Gasteiger partial charge >= 0.3 is 0 Å². The fourth-order valence-electron chi connectivity index (χ4n) is 6.66. The molecule has 50 heavy (non-hydrogen) atoms. The van der Waals surface area contributed by atoms with E-state index < -0.39 is 0 Å². The molecule has 9 rings (SSSR count). The summed E-state index contributed by atoms with van der Waals surface area (Å²) in [6.07, 6.45) is 8.29. The first-order chi connectivity index (χ1) is 24.8. The Morgan fingerprint density at radius 2 is 0.820 bits per heavy atom. The second kappa shape index (κ2) is 12.6. The summed E-state index contributed by atoms with van der Waals surface area (Å²) in [6, 6.07) is 52.1. The van der Waals surface area contributed by atoms with Crippen LogP contribution in [0, 0.1) is 0 Å². The predicted octanol–water partition coefficient (Wildman–Crippen LogP) is 11.2. The van der Waals surface area contributed by atoms with E-state index in [0.29, 0.717) is 5.69 Å². The summed E-state index contributed by atoms with van der Waals surface area (Å²) in [6.45, 7) is 0. The van der Waals surface area contributed by atoms with Gasteiger partial charge in [-0.1, -0.05) is 121 Å². The topological polar surface area (TPSA) is 69.7 Å². The highest BCUT2D eigenvalue weighted by Gasteiger charge is 2.19. The van der Waals surface area contributed by atoms with Crippen molar-refractivity contribution >= 4 is 57.8 Å². The molecule has 0 saturated heterocycles. The summed E-state index contributed by atoms with van der Waals surface area (Å²) in [5, 5.41) is 0.